The fourth-order valence-electron chi connectivity index (χ4n) is 10.2. The van der Waals surface area contributed by atoms with Crippen molar-refractivity contribution in [1.29, 1.82) is 0 Å². The highest BCUT2D eigenvalue weighted by atomic mass is 31.2. The Hall–Kier alpha value is -5.84. The zero-order valence-electron chi connectivity index (χ0n) is 66.9. The molecule has 19 heteroatoms. The van der Waals surface area contributed by atoms with Crippen LogP contribution < -0.4 is 0 Å². The number of phosphoric acid groups is 2. The molecule has 612 valence electrons. The molecule has 0 heterocycles. The molecular weight excluding hydrogens is 1400 g/mol. The van der Waals surface area contributed by atoms with Crippen molar-refractivity contribution in [3.05, 3.63) is 182 Å². The molecule has 3 N–H and O–H groups in total. The number of phosphoric ester groups is 2. The Morgan fingerprint density at radius 1 is 0.269 bits per heavy atom. The maximum atomic E-state index is 13.1. The maximum absolute atomic E-state index is 13.1. The lowest BCUT2D eigenvalue weighted by Gasteiger charge is -2.21. The molecule has 0 aromatic carbocycles. The number of hydrogen-bond acceptors (Lipinski definition) is 15. The van der Waals surface area contributed by atoms with Crippen LogP contribution in [0.3, 0.4) is 0 Å². The Bertz CT molecular complexity index is 2760. The summed E-state index contributed by atoms with van der Waals surface area (Å²) in [5.41, 5.74) is 0. The number of allylic oxidation sites excluding steroid dienone is 30. The van der Waals surface area contributed by atoms with Crippen molar-refractivity contribution in [2.75, 3.05) is 39.6 Å². The summed E-state index contributed by atoms with van der Waals surface area (Å²) < 4.78 is 68.6. The van der Waals surface area contributed by atoms with Gasteiger partial charge in [-0.2, -0.15) is 0 Å². The van der Waals surface area contributed by atoms with Gasteiger partial charge in [-0.25, -0.2) is 9.13 Å². The Morgan fingerprint density at radius 3 is 0.806 bits per heavy atom. The summed E-state index contributed by atoms with van der Waals surface area (Å²) in [5, 5.41) is 10.7. The lowest BCUT2D eigenvalue weighted by molar-refractivity contribution is -0.161. The molecule has 0 rings (SSSR count). The second kappa shape index (κ2) is 79.3. The van der Waals surface area contributed by atoms with E-state index in [0.717, 1.165) is 173 Å². The van der Waals surface area contributed by atoms with Crippen LogP contribution in [0.4, 0.5) is 0 Å². The van der Waals surface area contributed by atoms with Gasteiger partial charge in [-0.15, -0.1) is 0 Å². The quantitative estimate of drug-likeness (QED) is 0.0169. The highest BCUT2D eigenvalue weighted by molar-refractivity contribution is 7.47. The van der Waals surface area contributed by atoms with E-state index in [1.54, 1.807) is 0 Å². The first-order valence-electron chi connectivity index (χ1n) is 41.0. The average Bonchev–Trinajstić information content (AvgIpc) is 0.896. The Balaban J connectivity index is 5.52. The van der Waals surface area contributed by atoms with Crippen LogP contribution in [0.15, 0.2) is 182 Å². The van der Waals surface area contributed by atoms with E-state index in [4.69, 9.17) is 37.0 Å². The molecule has 0 radical (unpaired) electrons. The van der Waals surface area contributed by atoms with Gasteiger partial charge in [0.1, 0.15) is 19.3 Å². The van der Waals surface area contributed by atoms with Gasteiger partial charge in [-0.05, 0) is 173 Å². The monoisotopic (exact) mass is 1550 g/mol. The summed E-state index contributed by atoms with van der Waals surface area (Å²) in [5.74, 6) is -2.35. The van der Waals surface area contributed by atoms with E-state index in [1.807, 2.05) is 18.2 Å². The number of ether oxygens (including phenoxy) is 4. The topological polar surface area (TPSA) is 237 Å². The molecule has 0 saturated carbocycles. The van der Waals surface area contributed by atoms with Crippen LogP contribution in [0.2, 0.25) is 0 Å². The van der Waals surface area contributed by atoms with E-state index < -0.39 is 97.5 Å². The minimum Gasteiger partial charge on any atom is -0.462 e. The number of carbonyl (C=O) groups excluding carboxylic acids is 4. The van der Waals surface area contributed by atoms with E-state index >= 15 is 0 Å². The first-order valence-corrected chi connectivity index (χ1v) is 44.0. The van der Waals surface area contributed by atoms with Gasteiger partial charge in [0.25, 0.3) is 0 Å². The van der Waals surface area contributed by atoms with Gasteiger partial charge in [0.15, 0.2) is 12.2 Å². The number of aliphatic hydroxyl groups excluding tert-OH is 1. The summed E-state index contributed by atoms with van der Waals surface area (Å²) in [6.07, 6.45) is 95.9. The largest absolute Gasteiger partial charge is 0.472 e. The lowest BCUT2D eigenvalue weighted by atomic mass is 10.1. The third-order valence-corrected chi connectivity index (χ3v) is 18.2. The smallest absolute Gasteiger partial charge is 0.462 e. The van der Waals surface area contributed by atoms with Gasteiger partial charge in [-0.3, -0.25) is 37.3 Å². The van der Waals surface area contributed by atoms with Crippen molar-refractivity contribution < 1.29 is 80.2 Å². The van der Waals surface area contributed by atoms with Gasteiger partial charge in [-0.1, -0.05) is 281 Å². The van der Waals surface area contributed by atoms with Gasteiger partial charge in [0, 0.05) is 25.7 Å². The number of rotatable bonds is 75. The van der Waals surface area contributed by atoms with Crippen LogP contribution >= 0.6 is 15.6 Å². The van der Waals surface area contributed by atoms with Crippen molar-refractivity contribution in [2.24, 2.45) is 0 Å². The van der Waals surface area contributed by atoms with Crippen LogP contribution in [0.5, 0.6) is 0 Å². The molecule has 0 bridgehead atoms. The molecule has 5 unspecified atom stereocenters. The fourth-order valence-corrected chi connectivity index (χ4v) is 11.7. The third kappa shape index (κ3) is 78.3. The normalized spacial score (nSPS) is 14.8. The molecule has 108 heavy (non-hydrogen) atoms. The van der Waals surface area contributed by atoms with Crippen molar-refractivity contribution >= 4 is 39.5 Å². The van der Waals surface area contributed by atoms with Gasteiger partial charge in [0.05, 0.1) is 26.4 Å². The molecular formula is C89H144O17P2. The molecule has 0 aromatic heterocycles. The number of esters is 4. The Labute approximate surface area is 654 Å². The summed E-state index contributed by atoms with van der Waals surface area (Å²) in [4.78, 5) is 73.1. The first-order chi connectivity index (χ1) is 52.7. The fraction of sp³-hybridized carbons (Fsp3) is 0.618. The molecule has 0 aliphatic heterocycles. The van der Waals surface area contributed by atoms with Crippen molar-refractivity contribution in [3.8, 4) is 0 Å². The number of unbranched alkanes of at least 4 members (excludes halogenated alkanes) is 19. The van der Waals surface area contributed by atoms with Crippen LogP contribution in [0.25, 0.3) is 0 Å². The minimum atomic E-state index is -5.02. The molecule has 0 spiro atoms. The maximum Gasteiger partial charge on any atom is 0.472 e. The predicted molar refractivity (Wildman–Crippen MR) is 445 cm³/mol. The Kier molecular flexibility index (Phi) is 75.0. The molecule has 0 aliphatic carbocycles. The first kappa shape index (κ1) is 102. The van der Waals surface area contributed by atoms with E-state index in [1.165, 1.54) is 38.5 Å². The molecule has 5 atom stereocenters. The number of carbonyl (C=O) groups is 4. The summed E-state index contributed by atoms with van der Waals surface area (Å²) in [7, 11) is -10.0. The van der Waals surface area contributed by atoms with E-state index in [-0.39, 0.29) is 25.7 Å². The SMILES string of the molecule is CC/C=C\C/C=C\C/C=C\C/C=C\C/C=C\C/C=C\CCC(=O)OCC(COP(=O)(O)OCC(O)COP(=O)(O)OCC(COC(=O)CCCCCCC/C=C\C/C=C\CCCCC)OC(=O)CCCCCCC/C=C\C/C=C\CCCCC)OC(=O)CCCCC/C=C\C/C=C\C/C=C\C/C=C\C/C=C\CC. The van der Waals surface area contributed by atoms with E-state index in [2.05, 4.69) is 192 Å². The average molecular weight is 1550 g/mol. The summed E-state index contributed by atoms with van der Waals surface area (Å²) in [6.45, 7) is 4.43. The second-order valence-corrected chi connectivity index (χ2v) is 29.5. The standard InChI is InChI=1S/C89H144O17P2/c1-5-9-13-17-21-25-29-33-37-39-41-43-47-50-54-58-62-66-70-74-87(92)100-80-85(106-89(94)76-72-68-64-60-56-52-48-44-42-40-38-34-30-26-22-18-14-10-6-2)82-104-108(97,98)102-78-83(90)77-101-107(95,96)103-81-84(105-88(93)75-71-67-63-59-55-51-46-36-32-28-24-20-16-12-8-4)79-99-86(91)73-69-65-61-57-53-49-45-35-31-27-23-19-15-11-7-3/h9-10,13-14,21-28,33-38,41-46,50,52,54,56,62,66,83-85,90H,5-8,11-12,15-20,29-32,39-40,47-49,51,53,55,57-61,63-65,67-82H2,1-4H3,(H,95,96)(H,97,98)/b13-9-,14-10-,25-21-,26-22-,27-23-,28-24-,37-33-,38-34-,43-41-,44-42-,45-35-,46-36-,54-50-,56-52-,66-62-. The van der Waals surface area contributed by atoms with Gasteiger partial charge >= 0.3 is 39.5 Å². The number of hydrogen-bond donors (Lipinski definition) is 3. The summed E-state index contributed by atoms with van der Waals surface area (Å²) in [6, 6.07) is 0. The second-order valence-electron chi connectivity index (χ2n) is 26.6. The van der Waals surface area contributed by atoms with Crippen LogP contribution in [-0.4, -0.2) is 96.7 Å². The van der Waals surface area contributed by atoms with Crippen molar-refractivity contribution in [1.82, 2.24) is 0 Å². The number of aliphatic hydroxyl groups is 1. The molecule has 0 aromatic rings. The highest BCUT2D eigenvalue weighted by Gasteiger charge is 2.30. The minimum absolute atomic E-state index is 0.0208. The Morgan fingerprint density at radius 2 is 0.500 bits per heavy atom. The van der Waals surface area contributed by atoms with Crippen molar-refractivity contribution in [3.63, 3.8) is 0 Å². The van der Waals surface area contributed by atoms with Gasteiger partial charge in [0.2, 0.25) is 0 Å². The highest BCUT2D eigenvalue weighted by Crippen LogP contribution is 2.45. The summed E-state index contributed by atoms with van der Waals surface area (Å²) >= 11 is 0. The lowest BCUT2D eigenvalue weighted by Crippen LogP contribution is -2.30. The molecule has 0 saturated heterocycles. The van der Waals surface area contributed by atoms with Gasteiger partial charge < -0.3 is 33.8 Å². The molecule has 0 amide bonds. The third-order valence-electron chi connectivity index (χ3n) is 16.3. The molecule has 0 aliphatic rings. The zero-order chi connectivity index (χ0) is 78.9. The van der Waals surface area contributed by atoms with Crippen LogP contribution in [0.1, 0.15) is 297 Å². The molecule has 17 nitrogen and oxygen atoms in total. The predicted octanol–water partition coefficient (Wildman–Crippen LogP) is 24.3. The molecule has 0 fully saturated rings. The van der Waals surface area contributed by atoms with E-state index in [0.29, 0.717) is 32.1 Å². The van der Waals surface area contributed by atoms with E-state index in [9.17, 15) is 43.2 Å². The zero-order valence-corrected chi connectivity index (χ0v) is 68.7. The van der Waals surface area contributed by atoms with Crippen molar-refractivity contribution in [2.45, 2.75) is 316 Å². The van der Waals surface area contributed by atoms with Crippen LogP contribution in [-0.2, 0) is 65.4 Å². The van der Waals surface area contributed by atoms with Crippen LogP contribution in [0, 0.1) is 0 Å².